The van der Waals surface area contributed by atoms with Crippen molar-refractivity contribution >= 4 is 11.8 Å². The van der Waals surface area contributed by atoms with Gasteiger partial charge in [-0.3, -0.25) is 9.59 Å². The van der Waals surface area contributed by atoms with Crippen LogP contribution in [0.5, 0.6) is 5.88 Å². The number of fused-ring (bicyclic) bond motifs is 2. The van der Waals surface area contributed by atoms with E-state index in [0.29, 0.717) is 48.8 Å². The second kappa shape index (κ2) is 11.4. The number of carbonyl (C=O) groups is 2. The number of aromatic nitrogens is 2. The normalized spacial score (nSPS) is 32.4. The van der Waals surface area contributed by atoms with E-state index in [1.807, 2.05) is 18.7 Å². The van der Waals surface area contributed by atoms with E-state index in [4.69, 9.17) is 4.74 Å². The van der Waals surface area contributed by atoms with Crippen molar-refractivity contribution in [1.82, 2.24) is 25.3 Å². The lowest BCUT2D eigenvalue weighted by Gasteiger charge is -2.40. The van der Waals surface area contributed by atoms with Crippen molar-refractivity contribution in [3.63, 3.8) is 0 Å². The third-order valence-corrected chi connectivity index (χ3v) is 9.86. The standard InChI is InChI=1S/C31H51N5O3/c1-19(2)18-39-29-26(28(37)34-27-24-13-22-8-7-9-25(27)23(12-22)14-24)15-32-36(29)11-10-31(5,6)30(38)35-16-20(3)33-21(4)17-35/h15,19-25,27,33H,7-14,16-18H2,1-6H3,(H,34,37)/t20-,21?,22?,23?,24?,25?,27?/m0/s1. The monoisotopic (exact) mass is 541 g/mol. The second-order valence-corrected chi connectivity index (χ2v) is 14.3. The molecule has 1 saturated heterocycles. The number of carbonyl (C=O) groups excluding carboxylic acids is 2. The van der Waals surface area contributed by atoms with Crippen LogP contribution in [0.15, 0.2) is 6.20 Å². The molecule has 6 unspecified atom stereocenters. The van der Waals surface area contributed by atoms with Crippen LogP contribution in [0.4, 0.5) is 0 Å². The number of hydrogen-bond donors (Lipinski definition) is 2. The van der Waals surface area contributed by atoms with Crippen molar-refractivity contribution in [3.05, 3.63) is 11.8 Å². The minimum absolute atomic E-state index is 0.0567. The van der Waals surface area contributed by atoms with E-state index in [9.17, 15) is 9.59 Å². The molecule has 3 aliphatic carbocycles. The number of ether oxygens (including phenoxy) is 1. The van der Waals surface area contributed by atoms with E-state index in [0.717, 1.165) is 24.9 Å². The molecule has 7 atom stereocenters. The molecule has 8 nitrogen and oxygen atoms in total. The summed E-state index contributed by atoms with van der Waals surface area (Å²) in [5.74, 6) is 3.84. The van der Waals surface area contributed by atoms with Crippen LogP contribution < -0.4 is 15.4 Å². The SMILES string of the molecule is CC(C)COc1c(C(=O)NC2C3CC4CCCC2C(C4)C3)cnn1CCC(C)(C)C(=O)N1CC(C)N[C@@H](C)C1. The van der Waals surface area contributed by atoms with E-state index in [2.05, 4.69) is 43.4 Å². The van der Waals surface area contributed by atoms with Crippen molar-refractivity contribution in [2.45, 2.75) is 111 Å². The molecular weight excluding hydrogens is 490 g/mol. The van der Waals surface area contributed by atoms with Crippen molar-refractivity contribution in [1.29, 1.82) is 0 Å². The lowest BCUT2D eigenvalue weighted by molar-refractivity contribution is -0.142. The Kier molecular flexibility index (Phi) is 8.33. The van der Waals surface area contributed by atoms with Crippen LogP contribution in [0.1, 0.15) is 96.8 Å². The topological polar surface area (TPSA) is 88.5 Å². The van der Waals surface area contributed by atoms with E-state index in [1.54, 1.807) is 10.9 Å². The zero-order valence-electron chi connectivity index (χ0n) is 25.0. The van der Waals surface area contributed by atoms with Crippen molar-refractivity contribution in [2.24, 2.45) is 35.0 Å². The van der Waals surface area contributed by atoms with Gasteiger partial charge in [0.15, 0.2) is 0 Å². The van der Waals surface area contributed by atoms with E-state index in [1.165, 1.54) is 38.5 Å². The van der Waals surface area contributed by atoms with Crippen LogP contribution in [-0.4, -0.2) is 64.3 Å². The number of aryl methyl sites for hydroxylation is 1. The number of piperazine rings is 1. The fourth-order valence-electron chi connectivity index (χ4n) is 8.07. The summed E-state index contributed by atoms with van der Waals surface area (Å²) in [6.07, 6.45) is 10.1. The van der Waals surface area contributed by atoms with Crippen molar-refractivity contribution in [2.75, 3.05) is 19.7 Å². The summed E-state index contributed by atoms with van der Waals surface area (Å²) in [6.45, 7) is 15.0. The smallest absolute Gasteiger partial charge is 0.258 e. The predicted molar refractivity (Wildman–Crippen MR) is 153 cm³/mol. The van der Waals surface area contributed by atoms with Crippen molar-refractivity contribution in [3.8, 4) is 5.88 Å². The Morgan fingerprint density at radius 1 is 1.13 bits per heavy atom. The largest absolute Gasteiger partial charge is 0.477 e. The molecular formula is C31H51N5O3. The molecule has 2 amide bonds. The van der Waals surface area contributed by atoms with Gasteiger partial charge in [0.2, 0.25) is 11.8 Å². The first-order valence-electron chi connectivity index (χ1n) is 15.6. The molecule has 5 rings (SSSR count). The summed E-state index contributed by atoms with van der Waals surface area (Å²) in [5.41, 5.74) is -0.0161. The molecule has 0 aromatic carbocycles. The zero-order chi connectivity index (χ0) is 27.9. The Labute approximate surface area is 235 Å². The molecule has 0 radical (unpaired) electrons. The van der Waals surface area contributed by atoms with E-state index < -0.39 is 5.41 Å². The van der Waals surface area contributed by atoms with Crippen LogP contribution >= 0.6 is 0 Å². The van der Waals surface area contributed by atoms with Gasteiger partial charge in [-0.15, -0.1) is 0 Å². The average molecular weight is 542 g/mol. The van der Waals surface area contributed by atoms with Crippen LogP contribution in [0.3, 0.4) is 0 Å². The van der Waals surface area contributed by atoms with Crippen LogP contribution in [0, 0.1) is 35.0 Å². The fourth-order valence-corrected chi connectivity index (χ4v) is 8.07. The maximum absolute atomic E-state index is 13.7. The third kappa shape index (κ3) is 6.15. The minimum atomic E-state index is -0.542. The van der Waals surface area contributed by atoms with Crippen LogP contribution in [-0.2, 0) is 11.3 Å². The first-order chi connectivity index (χ1) is 18.5. The third-order valence-electron chi connectivity index (χ3n) is 9.86. The molecule has 1 aromatic heterocycles. The Hall–Kier alpha value is -2.09. The number of nitrogens with one attached hydrogen (secondary N) is 2. The Morgan fingerprint density at radius 3 is 2.56 bits per heavy atom. The molecule has 4 aliphatic rings. The maximum atomic E-state index is 13.7. The molecule has 3 bridgehead atoms. The maximum Gasteiger partial charge on any atom is 0.258 e. The summed E-state index contributed by atoms with van der Waals surface area (Å²) in [7, 11) is 0. The number of amides is 2. The van der Waals surface area contributed by atoms with Gasteiger partial charge in [-0.05, 0) is 75.5 Å². The zero-order valence-corrected chi connectivity index (χ0v) is 25.0. The highest BCUT2D eigenvalue weighted by Gasteiger charge is 2.49. The predicted octanol–water partition coefficient (Wildman–Crippen LogP) is 4.49. The van der Waals surface area contributed by atoms with Gasteiger partial charge < -0.3 is 20.3 Å². The highest BCUT2D eigenvalue weighted by Crippen LogP contribution is 2.53. The Bertz CT molecular complexity index is 1030. The molecule has 2 heterocycles. The molecule has 1 aromatic rings. The molecule has 0 spiro atoms. The van der Waals surface area contributed by atoms with Gasteiger partial charge in [0.1, 0.15) is 5.56 Å². The van der Waals surface area contributed by atoms with Crippen LogP contribution in [0.25, 0.3) is 0 Å². The van der Waals surface area contributed by atoms with Gasteiger partial charge in [-0.1, -0.05) is 40.5 Å². The fraction of sp³-hybridized carbons (Fsp3) is 0.839. The Balaban J connectivity index is 1.28. The lowest BCUT2D eigenvalue weighted by atomic mass is 9.79. The first-order valence-corrected chi connectivity index (χ1v) is 15.6. The van der Waals surface area contributed by atoms with Gasteiger partial charge in [-0.2, -0.15) is 5.10 Å². The number of nitrogens with zero attached hydrogens (tertiary/aromatic N) is 3. The average Bonchev–Trinajstić information content (AvgIpc) is 3.33. The van der Waals surface area contributed by atoms with Gasteiger partial charge in [0.05, 0.1) is 12.8 Å². The summed E-state index contributed by atoms with van der Waals surface area (Å²) < 4.78 is 8.03. The Morgan fingerprint density at radius 2 is 1.85 bits per heavy atom. The molecule has 8 heteroatoms. The minimum Gasteiger partial charge on any atom is -0.477 e. The van der Waals surface area contributed by atoms with Gasteiger partial charge in [0.25, 0.3) is 5.91 Å². The van der Waals surface area contributed by atoms with E-state index >= 15 is 0 Å². The molecule has 3 saturated carbocycles. The second-order valence-electron chi connectivity index (χ2n) is 14.3. The summed E-state index contributed by atoms with van der Waals surface area (Å²) >= 11 is 0. The molecule has 39 heavy (non-hydrogen) atoms. The molecule has 2 N–H and O–H groups in total. The van der Waals surface area contributed by atoms with Gasteiger partial charge in [-0.25, -0.2) is 4.68 Å². The summed E-state index contributed by atoms with van der Waals surface area (Å²) in [4.78, 5) is 29.2. The molecule has 1 aliphatic heterocycles. The summed E-state index contributed by atoms with van der Waals surface area (Å²) in [6, 6.07) is 0.848. The first kappa shape index (κ1) is 28.4. The van der Waals surface area contributed by atoms with Gasteiger partial charge in [0, 0.05) is 43.2 Å². The molecule has 4 fully saturated rings. The highest BCUT2D eigenvalue weighted by molar-refractivity contribution is 5.96. The van der Waals surface area contributed by atoms with E-state index in [-0.39, 0.29) is 29.9 Å². The number of hydrogen-bond acceptors (Lipinski definition) is 5. The lowest BCUT2D eigenvalue weighted by Crippen LogP contribution is -2.58. The van der Waals surface area contributed by atoms with Crippen molar-refractivity contribution < 1.29 is 14.3 Å². The highest BCUT2D eigenvalue weighted by atomic mass is 16.5. The summed E-state index contributed by atoms with van der Waals surface area (Å²) in [5, 5.41) is 11.6. The number of rotatable bonds is 9. The van der Waals surface area contributed by atoms with Crippen LogP contribution in [0.2, 0.25) is 0 Å². The van der Waals surface area contributed by atoms with Gasteiger partial charge >= 0.3 is 0 Å². The molecule has 218 valence electrons. The quantitative estimate of drug-likeness (QED) is 0.481.